The number of esters is 1. The standard InChI is InChI=1S/C45H78O2/c1-7-8-9-10-11-12-13-14-15-16-17-18-19-20-21-25-43(46)47-38-30-32-44(5)37(34-38)26-27-39-41-29-28-40(36(4)24-22-23-35(2)3)45(41,6)33-31-42(39)44/h14-15,26,35-36,38-42H,7-13,16-25,27-34H2,1-6H3/t36-,38?,39+,40-,41+,42+,44+,45-/m1/s1. The number of hydrogen-bond acceptors (Lipinski definition) is 2. The van der Waals surface area contributed by atoms with Crippen molar-refractivity contribution in [2.75, 3.05) is 0 Å². The van der Waals surface area contributed by atoms with Gasteiger partial charge in [-0.3, -0.25) is 4.79 Å². The van der Waals surface area contributed by atoms with Gasteiger partial charge in [-0.25, -0.2) is 0 Å². The van der Waals surface area contributed by atoms with E-state index in [9.17, 15) is 4.79 Å². The van der Waals surface area contributed by atoms with Crippen molar-refractivity contribution in [3.63, 3.8) is 0 Å². The van der Waals surface area contributed by atoms with E-state index in [4.69, 9.17) is 4.74 Å². The van der Waals surface area contributed by atoms with Crippen LogP contribution in [-0.4, -0.2) is 12.1 Å². The van der Waals surface area contributed by atoms with Gasteiger partial charge in [0.15, 0.2) is 0 Å². The van der Waals surface area contributed by atoms with E-state index in [0.717, 1.165) is 61.2 Å². The molecule has 0 aromatic carbocycles. The Balaban J connectivity index is 1.12. The Morgan fingerprint density at radius 1 is 0.809 bits per heavy atom. The van der Waals surface area contributed by atoms with Crippen molar-refractivity contribution in [1.29, 1.82) is 0 Å². The molecule has 4 aliphatic carbocycles. The fourth-order valence-corrected chi connectivity index (χ4v) is 11.3. The minimum Gasteiger partial charge on any atom is -0.462 e. The van der Waals surface area contributed by atoms with Gasteiger partial charge in [-0.05, 0) is 123 Å². The van der Waals surface area contributed by atoms with Crippen LogP contribution in [-0.2, 0) is 9.53 Å². The summed E-state index contributed by atoms with van der Waals surface area (Å²) in [6, 6.07) is 0. The average Bonchev–Trinajstić information content (AvgIpc) is 3.40. The summed E-state index contributed by atoms with van der Waals surface area (Å²) < 4.78 is 6.12. The largest absolute Gasteiger partial charge is 0.462 e. The van der Waals surface area contributed by atoms with Crippen LogP contribution in [0.25, 0.3) is 0 Å². The zero-order chi connectivity index (χ0) is 33.7. The van der Waals surface area contributed by atoms with Gasteiger partial charge >= 0.3 is 5.97 Å². The Labute approximate surface area is 293 Å². The Morgan fingerprint density at radius 3 is 2.19 bits per heavy atom. The maximum Gasteiger partial charge on any atom is 0.306 e. The second-order valence-corrected chi connectivity index (χ2v) is 18.0. The molecule has 270 valence electrons. The maximum atomic E-state index is 12.8. The van der Waals surface area contributed by atoms with Gasteiger partial charge in [0, 0.05) is 12.8 Å². The molecule has 3 fully saturated rings. The van der Waals surface area contributed by atoms with Crippen molar-refractivity contribution in [3.8, 4) is 0 Å². The molecule has 0 N–H and O–H groups in total. The van der Waals surface area contributed by atoms with Crippen LogP contribution in [0.1, 0.15) is 202 Å². The fourth-order valence-electron chi connectivity index (χ4n) is 11.3. The van der Waals surface area contributed by atoms with Crippen molar-refractivity contribution in [2.45, 2.75) is 208 Å². The molecule has 2 heteroatoms. The lowest BCUT2D eigenvalue weighted by atomic mass is 9.47. The first kappa shape index (κ1) is 38.7. The number of hydrogen-bond donors (Lipinski definition) is 0. The molecule has 8 atom stereocenters. The predicted octanol–water partition coefficient (Wildman–Crippen LogP) is 14.0. The first-order chi connectivity index (χ1) is 22.7. The molecule has 0 saturated heterocycles. The normalized spacial score (nSPS) is 32.6. The third-order valence-electron chi connectivity index (χ3n) is 14.2. The minimum absolute atomic E-state index is 0.0541. The topological polar surface area (TPSA) is 26.3 Å². The number of carbonyl (C=O) groups is 1. The summed E-state index contributed by atoms with van der Waals surface area (Å²) >= 11 is 0. The van der Waals surface area contributed by atoms with Crippen LogP contribution in [0.3, 0.4) is 0 Å². The molecule has 1 unspecified atom stereocenters. The van der Waals surface area contributed by atoms with E-state index >= 15 is 0 Å². The third-order valence-corrected chi connectivity index (χ3v) is 14.2. The molecule has 0 radical (unpaired) electrons. The van der Waals surface area contributed by atoms with Crippen LogP contribution in [0.5, 0.6) is 0 Å². The quantitative estimate of drug-likeness (QED) is 0.0702. The van der Waals surface area contributed by atoms with Crippen LogP contribution in [0.15, 0.2) is 23.8 Å². The Hall–Kier alpha value is -1.05. The van der Waals surface area contributed by atoms with Crippen LogP contribution >= 0.6 is 0 Å². The van der Waals surface area contributed by atoms with Crippen LogP contribution in [0, 0.1) is 46.3 Å². The molecule has 47 heavy (non-hydrogen) atoms. The van der Waals surface area contributed by atoms with Crippen molar-refractivity contribution in [1.82, 2.24) is 0 Å². The van der Waals surface area contributed by atoms with Gasteiger partial charge in [-0.1, -0.05) is 136 Å². The Morgan fingerprint density at radius 2 is 1.49 bits per heavy atom. The highest BCUT2D eigenvalue weighted by molar-refractivity contribution is 5.69. The molecule has 4 rings (SSSR count). The molecule has 0 amide bonds. The first-order valence-corrected chi connectivity index (χ1v) is 21.2. The number of unbranched alkanes of at least 4 members (excludes halogenated alkanes) is 11. The SMILES string of the molecule is CCCCCCCCC=CCCCCCCCC(=O)OC1CC[C@@]2(C)C(=CC[C@H]3[C@@H]4CC[C@H]([C@H](C)CCCC(C)C)[C@@]4(C)CC[C@@H]32)C1. The summed E-state index contributed by atoms with van der Waals surface area (Å²) in [5.41, 5.74) is 2.53. The van der Waals surface area contributed by atoms with Gasteiger partial charge < -0.3 is 4.74 Å². The van der Waals surface area contributed by atoms with Gasteiger partial charge in [0.25, 0.3) is 0 Å². The molecule has 3 saturated carbocycles. The lowest BCUT2D eigenvalue weighted by molar-refractivity contribution is -0.151. The number of fused-ring (bicyclic) bond motifs is 5. The van der Waals surface area contributed by atoms with Crippen LogP contribution in [0.4, 0.5) is 0 Å². The molecule has 0 aromatic rings. The molecule has 0 aromatic heterocycles. The molecule has 0 heterocycles. The summed E-state index contributed by atoms with van der Waals surface area (Å²) in [6.45, 7) is 14.9. The maximum absolute atomic E-state index is 12.8. The van der Waals surface area contributed by atoms with Crippen molar-refractivity contribution >= 4 is 5.97 Å². The van der Waals surface area contributed by atoms with Gasteiger partial charge in [0.05, 0.1) is 0 Å². The van der Waals surface area contributed by atoms with E-state index < -0.39 is 0 Å². The van der Waals surface area contributed by atoms with E-state index in [1.165, 1.54) is 128 Å². The van der Waals surface area contributed by atoms with Crippen molar-refractivity contribution in [3.05, 3.63) is 23.8 Å². The molecular formula is C45H78O2. The zero-order valence-electron chi connectivity index (χ0n) is 32.3. The van der Waals surface area contributed by atoms with Crippen LogP contribution in [0.2, 0.25) is 0 Å². The van der Waals surface area contributed by atoms with E-state index in [1.54, 1.807) is 5.57 Å². The minimum atomic E-state index is 0.0541. The molecule has 2 nitrogen and oxygen atoms in total. The number of allylic oxidation sites excluding steroid dienone is 3. The van der Waals surface area contributed by atoms with Crippen LogP contribution < -0.4 is 0 Å². The summed E-state index contributed by atoms with van der Waals surface area (Å²) in [5, 5.41) is 0. The average molecular weight is 651 g/mol. The Kier molecular flexibility index (Phi) is 16.0. The number of carbonyl (C=O) groups excluding carboxylic acids is 1. The van der Waals surface area contributed by atoms with Gasteiger partial charge in [0.1, 0.15) is 6.10 Å². The molecule has 0 aliphatic heterocycles. The predicted molar refractivity (Wildman–Crippen MR) is 202 cm³/mol. The summed E-state index contributed by atoms with van der Waals surface area (Å²) in [7, 11) is 0. The number of ether oxygens (including phenoxy) is 1. The van der Waals surface area contributed by atoms with Gasteiger partial charge in [-0.15, -0.1) is 0 Å². The summed E-state index contributed by atoms with van der Waals surface area (Å²) in [6.07, 6.45) is 39.5. The van der Waals surface area contributed by atoms with Gasteiger partial charge in [0.2, 0.25) is 0 Å². The van der Waals surface area contributed by atoms with E-state index in [0.29, 0.717) is 17.3 Å². The molecular weight excluding hydrogens is 572 g/mol. The van der Waals surface area contributed by atoms with E-state index in [1.807, 2.05) is 0 Å². The molecule has 0 spiro atoms. The molecule has 4 aliphatic rings. The fraction of sp³-hybridized carbons (Fsp3) is 0.889. The zero-order valence-corrected chi connectivity index (χ0v) is 32.3. The molecule has 0 bridgehead atoms. The highest BCUT2D eigenvalue weighted by Crippen LogP contribution is 2.67. The summed E-state index contributed by atoms with van der Waals surface area (Å²) in [5.74, 6) is 5.31. The lowest BCUT2D eigenvalue weighted by Crippen LogP contribution is -2.51. The second-order valence-electron chi connectivity index (χ2n) is 18.0. The highest BCUT2D eigenvalue weighted by atomic mass is 16.5. The third kappa shape index (κ3) is 10.7. The van der Waals surface area contributed by atoms with E-state index in [2.05, 4.69) is 59.8 Å². The monoisotopic (exact) mass is 651 g/mol. The second kappa shape index (κ2) is 19.4. The Bertz CT molecular complexity index is 976. The van der Waals surface area contributed by atoms with E-state index in [-0.39, 0.29) is 12.1 Å². The van der Waals surface area contributed by atoms with Crippen molar-refractivity contribution < 1.29 is 9.53 Å². The van der Waals surface area contributed by atoms with Gasteiger partial charge in [-0.2, -0.15) is 0 Å². The first-order valence-electron chi connectivity index (χ1n) is 21.2. The summed E-state index contributed by atoms with van der Waals surface area (Å²) in [4.78, 5) is 12.8. The lowest BCUT2D eigenvalue weighted by Gasteiger charge is -2.58. The highest BCUT2D eigenvalue weighted by Gasteiger charge is 2.59. The number of rotatable bonds is 21. The van der Waals surface area contributed by atoms with Crippen molar-refractivity contribution in [2.24, 2.45) is 46.3 Å². The smallest absolute Gasteiger partial charge is 0.306 e.